The van der Waals surface area contributed by atoms with Crippen LogP contribution in [-0.4, -0.2) is 25.0 Å². The summed E-state index contributed by atoms with van der Waals surface area (Å²) in [4.78, 5) is 2.17. The van der Waals surface area contributed by atoms with E-state index in [1.54, 1.807) is 0 Å². The summed E-state index contributed by atoms with van der Waals surface area (Å²) in [6.45, 7) is 8.64. The number of rotatable bonds is 4. The van der Waals surface area contributed by atoms with Crippen LogP contribution in [0.25, 0.3) is 0 Å². The zero-order valence-corrected chi connectivity index (χ0v) is 9.23. The van der Waals surface area contributed by atoms with Gasteiger partial charge >= 0.3 is 0 Å². The van der Waals surface area contributed by atoms with E-state index >= 15 is 0 Å². The van der Waals surface area contributed by atoms with Gasteiger partial charge in [0.15, 0.2) is 0 Å². The molecule has 0 saturated heterocycles. The van der Waals surface area contributed by atoms with Crippen molar-refractivity contribution in [2.75, 3.05) is 14.1 Å². The fourth-order valence-electron chi connectivity index (χ4n) is 1.43. The van der Waals surface area contributed by atoms with E-state index in [2.05, 4.69) is 52.0 Å². The van der Waals surface area contributed by atoms with Crippen molar-refractivity contribution >= 4 is 0 Å². The van der Waals surface area contributed by atoms with E-state index in [1.807, 2.05) is 0 Å². The first-order chi connectivity index (χ1) is 5.49. The van der Waals surface area contributed by atoms with E-state index < -0.39 is 0 Å². The Hall–Kier alpha value is -0.660. The predicted octanol–water partition coefficient (Wildman–Crippen LogP) is 2.19. The van der Waals surface area contributed by atoms with E-state index in [0.717, 1.165) is 6.42 Å². The second kappa shape index (κ2) is 5.07. The molecule has 72 valence electrons. The Kier molecular flexibility index (Phi) is 4.79. The highest BCUT2D eigenvalue weighted by molar-refractivity contribution is 5.08. The van der Waals surface area contributed by atoms with Crippen molar-refractivity contribution in [3.8, 4) is 0 Å². The molecule has 1 N–H and O–H groups in total. The second-order valence-electron chi connectivity index (χ2n) is 3.62. The van der Waals surface area contributed by atoms with Crippen LogP contribution in [-0.2, 0) is 0 Å². The minimum Gasteiger partial charge on any atom is -0.385 e. The average Bonchev–Trinajstić information content (AvgIpc) is 1.85. The van der Waals surface area contributed by atoms with Gasteiger partial charge in [-0.05, 0) is 27.2 Å². The largest absolute Gasteiger partial charge is 0.385 e. The lowest BCUT2D eigenvalue weighted by Gasteiger charge is -2.21. The minimum atomic E-state index is 0.520. The Morgan fingerprint density at radius 1 is 1.33 bits per heavy atom. The summed E-state index contributed by atoms with van der Waals surface area (Å²) in [6, 6.07) is 0.520. The minimum absolute atomic E-state index is 0.520. The summed E-state index contributed by atoms with van der Waals surface area (Å²) in [5.74, 6) is 0. The van der Waals surface area contributed by atoms with Crippen LogP contribution in [0.15, 0.2) is 11.4 Å². The lowest BCUT2D eigenvalue weighted by molar-refractivity contribution is 0.474. The first-order valence-corrected chi connectivity index (χ1v) is 4.62. The maximum absolute atomic E-state index is 3.41. The predicted molar refractivity (Wildman–Crippen MR) is 54.9 cm³/mol. The Morgan fingerprint density at radius 2 is 1.83 bits per heavy atom. The van der Waals surface area contributed by atoms with Crippen LogP contribution in [0.1, 0.15) is 34.1 Å². The van der Waals surface area contributed by atoms with Crippen molar-refractivity contribution in [3.05, 3.63) is 11.4 Å². The Labute approximate surface area is 76.6 Å². The van der Waals surface area contributed by atoms with Gasteiger partial charge < -0.3 is 10.2 Å². The molecular weight excluding hydrogens is 148 g/mol. The van der Waals surface area contributed by atoms with Crippen LogP contribution < -0.4 is 5.32 Å². The molecule has 0 aliphatic rings. The summed E-state index contributed by atoms with van der Waals surface area (Å²) in [5.41, 5.74) is 2.67. The van der Waals surface area contributed by atoms with Gasteiger partial charge in [0.25, 0.3) is 0 Å². The highest BCUT2D eigenvalue weighted by Crippen LogP contribution is 2.08. The molecule has 0 radical (unpaired) electrons. The maximum Gasteiger partial charge on any atom is 0.0314 e. The molecule has 0 spiro atoms. The molecule has 0 amide bonds. The maximum atomic E-state index is 3.41. The summed E-state index contributed by atoms with van der Waals surface area (Å²) >= 11 is 0. The normalized spacial score (nSPS) is 12.9. The van der Waals surface area contributed by atoms with Gasteiger partial charge in [0.05, 0.1) is 0 Å². The molecule has 0 bridgehead atoms. The monoisotopic (exact) mass is 170 g/mol. The van der Waals surface area contributed by atoms with Crippen LogP contribution in [0.5, 0.6) is 0 Å². The van der Waals surface area contributed by atoms with Gasteiger partial charge in [-0.1, -0.05) is 6.92 Å². The fourth-order valence-corrected chi connectivity index (χ4v) is 1.43. The summed E-state index contributed by atoms with van der Waals surface area (Å²) in [7, 11) is 4.18. The molecular formula is C10H22N2. The van der Waals surface area contributed by atoms with Crippen LogP contribution in [0.2, 0.25) is 0 Å². The molecule has 0 aromatic carbocycles. The molecule has 0 aromatic rings. The highest BCUT2D eigenvalue weighted by atomic mass is 15.1. The quantitative estimate of drug-likeness (QED) is 0.695. The van der Waals surface area contributed by atoms with Crippen LogP contribution in [0.4, 0.5) is 0 Å². The van der Waals surface area contributed by atoms with Crippen LogP contribution in [0.3, 0.4) is 0 Å². The van der Waals surface area contributed by atoms with Crippen molar-refractivity contribution in [3.63, 3.8) is 0 Å². The topological polar surface area (TPSA) is 15.3 Å². The molecule has 0 unspecified atom stereocenters. The summed E-state index contributed by atoms with van der Waals surface area (Å²) in [5, 5.41) is 3.41. The Balaban J connectivity index is 4.38. The van der Waals surface area contributed by atoms with Gasteiger partial charge in [0.2, 0.25) is 0 Å². The third kappa shape index (κ3) is 3.65. The summed E-state index contributed by atoms with van der Waals surface area (Å²) < 4.78 is 0. The van der Waals surface area contributed by atoms with Gasteiger partial charge in [-0.2, -0.15) is 0 Å². The molecule has 0 aliphatic heterocycles. The van der Waals surface area contributed by atoms with Gasteiger partial charge in [-0.15, -0.1) is 0 Å². The number of hydrogen-bond acceptors (Lipinski definition) is 2. The fraction of sp³-hybridized carbons (Fsp3) is 0.800. The van der Waals surface area contributed by atoms with E-state index in [-0.39, 0.29) is 0 Å². The Morgan fingerprint density at radius 3 is 2.08 bits per heavy atom. The molecule has 0 aliphatic carbocycles. The van der Waals surface area contributed by atoms with E-state index in [1.165, 1.54) is 11.4 Å². The first kappa shape index (κ1) is 11.3. The summed E-state index contributed by atoms with van der Waals surface area (Å²) in [6.07, 6.45) is 1.08. The molecule has 0 aromatic heterocycles. The third-order valence-electron chi connectivity index (χ3n) is 1.81. The highest BCUT2D eigenvalue weighted by Gasteiger charge is 2.02. The van der Waals surface area contributed by atoms with E-state index in [9.17, 15) is 0 Å². The molecule has 0 rings (SSSR count). The zero-order chi connectivity index (χ0) is 9.72. The van der Waals surface area contributed by atoms with Gasteiger partial charge in [0, 0.05) is 31.5 Å². The van der Waals surface area contributed by atoms with Crippen molar-refractivity contribution in [1.29, 1.82) is 0 Å². The van der Waals surface area contributed by atoms with Crippen molar-refractivity contribution in [2.24, 2.45) is 0 Å². The lowest BCUT2D eigenvalue weighted by atomic mass is 10.2. The molecule has 0 heterocycles. The van der Waals surface area contributed by atoms with Crippen molar-refractivity contribution in [1.82, 2.24) is 10.2 Å². The molecule has 2 heteroatoms. The molecule has 0 atom stereocenters. The number of hydrogen-bond donors (Lipinski definition) is 1. The SMILES string of the molecule is CC/C(=C(\C)NC(C)C)N(C)C. The molecule has 0 saturated carbocycles. The average molecular weight is 170 g/mol. The number of allylic oxidation sites excluding steroid dienone is 2. The van der Waals surface area contributed by atoms with E-state index in [0.29, 0.717) is 6.04 Å². The lowest BCUT2D eigenvalue weighted by Crippen LogP contribution is -2.25. The molecule has 2 nitrogen and oxygen atoms in total. The van der Waals surface area contributed by atoms with Gasteiger partial charge in [0.1, 0.15) is 0 Å². The first-order valence-electron chi connectivity index (χ1n) is 4.62. The third-order valence-corrected chi connectivity index (χ3v) is 1.81. The molecule has 12 heavy (non-hydrogen) atoms. The standard InChI is InChI=1S/C10H22N2/c1-7-10(12(5)6)9(4)11-8(2)3/h8,11H,7H2,1-6H3/b10-9-. The van der Waals surface area contributed by atoms with E-state index in [4.69, 9.17) is 0 Å². The second-order valence-corrected chi connectivity index (χ2v) is 3.62. The Bertz CT molecular complexity index is 157. The smallest absolute Gasteiger partial charge is 0.0314 e. The van der Waals surface area contributed by atoms with Crippen LogP contribution in [0, 0.1) is 0 Å². The van der Waals surface area contributed by atoms with Crippen molar-refractivity contribution < 1.29 is 0 Å². The van der Waals surface area contributed by atoms with Crippen molar-refractivity contribution in [2.45, 2.75) is 40.2 Å². The van der Waals surface area contributed by atoms with Crippen LogP contribution >= 0.6 is 0 Å². The van der Waals surface area contributed by atoms with Gasteiger partial charge in [-0.25, -0.2) is 0 Å². The zero-order valence-electron chi connectivity index (χ0n) is 9.23. The molecule has 0 fully saturated rings. The van der Waals surface area contributed by atoms with Gasteiger partial charge in [-0.3, -0.25) is 0 Å². The number of nitrogens with one attached hydrogen (secondary N) is 1. The number of nitrogens with zero attached hydrogens (tertiary/aromatic N) is 1.